The van der Waals surface area contributed by atoms with Crippen LogP contribution in [0.2, 0.25) is 0 Å². The van der Waals surface area contributed by atoms with Gasteiger partial charge in [-0.2, -0.15) is 0 Å². The van der Waals surface area contributed by atoms with E-state index in [4.69, 9.17) is 5.11 Å². The maximum Gasteiger partial charge on any atom is 0.303 e. The number of oxime groups is 1. The van der Waals surface area contributed by atoms with Gasteiger partial charge in [0.05, 0.1) is 5.71 Å². The van der Waals surface area contributed by atoms with Crippen LogP contribution >= 0.6 is 0 Å². The Kier molecular flexibility index (Phi) is 6.96. The molecule has 1 aromatic heterocycles. The number of carbonyl (C=O) groups is 1. The number of aryl methyl sites for hydroxylation is 3. The summed E-state index contributed by atoms with van der Waals surface area (Å²) in [5, 5.41) is 22.3. The van der Waals surface area contributed by atoms with Crippen molar-refractivity contribution in [1.29, 1.82) is 0 Å². The van der Waals surface area contributed by atoms with Crippen molar-refractivity contribution >= 4 is 11.7 Å². The van der Waals surface area contributed by atoms with Gasteiger partial charge in [0.25, 0.3) is 0 Å². The molecular formula is C25H26N2O3. The van der Waals surface area contributed by atoms with Crippen LogP contribution in [0.4, 0.5) is 0 Å². The number of hydrogen-bond donors (Lipinski definition) is 2. The van der Waals surface area contributed by atoms with E-state index in [1.807, 2.05) is 55.5 Å². The Bertz CT molecular complexity index is 1040. The molecule has 154 valence electrons. The van der Waals surface area contributed by atoms with E-state index >= 15 is 0 Å². The Balaban J connectivity index is 1.95. The maximum atomic E-state index is 10.8. The first-order chi connectivity index (χ1) is 14.5. The fourth-order valence-electron chi connectivity index (χ4n) is 3.69. The standard InChI is InChI=1S/C25H26N2O3/c1-17-5-3-4-6-22(17)23(16-24(27-30)21-13-14-26-18(2)15-21)20-10-7-19(8-11-20)9-12-25(28)29/h3-8,10-11,13-15,23,30H,9,12,16H2,1-2H3,(H,28,29)/b27-24+. The highest BCUT2D eigenvalue weighted by Gasteiger charge is 2.20. The van der Waals surface area contributed by atoms with Crippen molar-refractivity contribution in [2.75, 3.05) is 0 Å². The SMILES string of the molecule is Cc1cc(/C(CC(c2ccc(CCC(=O)O)cc2)c2ccccc2C)=N/O)ccn1. The summed E-state index contributed by atoms with van der Waals surface area (Å²) < 4.78 is 0. The number of nitrogens with zero attached hydrogens (tertiary/aromatic N) is 2. The number of aliphatic carboxylic acids is 1. The van der Waals surface area contributed by atoms with Crippen LogP contribution in [-0.4, -0.2) is 27.0 Å². The fraction of sp³-hybridized carbons (Fsp3) is 0.240. The van der Waals surface area contributed by atoms with E-state index in [0.29, 0.717) is 18.6 Å². The van der Waals surface area contributed by atoms with E-state index in [0.717, 1.165) is 22.4 Å². The summed E-state index contributed by atoms with van der Waals surface area (Å²) >= 11 is 0. The monoisotopic (exact) mass is 402 g/mol. The molecule has 30 heavy (non-hydrogen) atoms. The number of hydrogen-bond acceptors (Lipinski definition) is 4. The van der Waals surface area contributed by atoms with Crippen molar-refractivity contribution in [1.82, 2.24) is 4.98 Å². The summed E-state index contributed by atoms with van der Waals surface area (Å²) in [7, 11) is 0. The van der Waals surface area contributed by atoms with E-state index in [2.05, 4.69) is 29.2 Å². The van der Waals surface area contributed by atoms with Gasteiger partial charge < -0.3 is 10.3 Å². The third-order valence-electron chi connectivity index (χ3n) is 5.32. The van der Waals surface area contributed by atoms with Gasteiger partial charge in [0.1, 0.15) is 0 Å². The molecule has 0 spiro atoms. The van der Waals surface area contributed by atoms with Gasteiger partial charge in [-0.25, -0.2) is 0 Å². The molecule has 0 aliphatic rings. The molecule has 5 nitrogen and oxygen atoms in total. The smallest absolute Gasteiger partial charge is 0.303 e. The lowest BCUT2D eigenvalue weighted by atomic mass is 9.83. The first-order valence-electron chi connectivity index (χ1n) is 9.98. The zero-order chi connectivity index (χ0) is 21.5. The van der Waals surface area contributed by atoms with Crippen LogP contribution in [0.15, 0.2) is 72.0 Å². The topological polar surface area (TPSA) is 82.8 Å². The minimum atomic E-state index is -0.798. The van der Waals surface area contributed by atoms with Crippen molar-refractivity contribution in [2.24, 2.45) is 5.16 Å². The van der Waals surface area contributed by atoms with Crippen LogP contribution in [0.3, 0.4) is 0 Å². The summed E-state index contributed by atoms with van der Waals surface area (Å²) in [6.07, 6.45) is 2.86. The van der Waals surface area contributed by atoms with Crippen LogP contribution in [0.25, 0.3) is 0 Å². The highest BCUT2D eigenvalue weighted by Crippen LogP contribution is 2.32. The van der Waals surface area contributed by atoms with Crippen molar-refractivity contribution in [3.8, 4) is 0 Å². The second-order valence-electron chi connectivity index (χ2n) is 7.48. The third kappa shape index (κ3) is 5.32. The lowest BCUT2D eigenvalue weighted by molar-refractivity contribution is -0.136. The van der Waals surface area contributed by atoms with Crippen molar-refractivity contribution in [2.45, 2.75) is 39.0 Å². The van der Waals surface area contributed by atoms with Crippen molar-refractivity contribution in [3.63, 3.8) is 0 Å². The minimum absolute atomic E-state index is 0.000838. The molecule has 0 aliphatic heterocycles. The molecule has 1 heterocycles. The molecule has 0 saturated carbocycles. The quantitative estimate of drug-likeness (QED) is 0.311. The summed E-state index contributed by atoms with van der Waals surface area (Å²) in [5.74, 6) is -0.799. The molecule has 3 aromatic rings. The molecule has 0 bridgehead atoms. The molecule has 0 amide bonds. The van der Waals surface area contributed by atoms with Crippen molar-refractivity contribution in [3.05, 3.63) is 100 Å². The predicted molar refractivity (Wildman–Crippen MR) is 117 cm³/mol. The molecule has 5 heteroatoms. The van der Waals surface area contributed by atoms with E-state index in [9.17, 15) is 10.0 Å². The Morgan fingerprint density at radius 1 is 1.07 bits per heavy atom. The molecule has 2 N–H and O–H groups in total. The van der Waals surface area contributed by atoms with Gasteiger partial charge >= 0.3 is 5.97 Å². The lowest BCUT2D eigenvalue weighted by Gasteiger charge is -2.21. The van der Waals surface area contributed by atoms with Crippen LogP contribution in [0.1, 0.15) is 52.3 Å². The molecule has 0 fully saturated rings. The Morgan fingerprint density at radius 2 is 1.80 bits per heavy atom. The highest BCUT2D eigenvalue weighted by atomic mass is 16.4. The largest absolute Gasteiger partial charge is 0.481 e. The highest BCUT2D eigenvalue weighted by molar-refractivity contribution is 6.01. The second kappa shape index (κ2) is 9.83. The number of pyridine rings is 1. The van der Waals surface area contributed by atoms with E-state index in [1.54, 1.807) is 6.20 Å². The second-order valence-corrected chi connectivity index (χ2v) is 7.48. The van der Waals surface area contributed by atoms with Gasteiger partial charge in [-0.05, 0) is 54.7 Å². The molecule has 0 radical (unpaired) electrons. The minimum Gasteiger partial charge on any atom is -0.481 e. The number of carboxylic acids is 1. The number of carboxylic acid groups (broad SMARTS) is 1. The van der Waals surface area contributed by atoms with Crippen LogP contribution in [0.5, 0.6) is 0 Å². The number of aromatic nitrogens is 1. The van der Waals surface area contributed by atoms with Crippen LogP contribution < -0.4 is 0 Å². The van der Waals surface area contributed by atoms with Crippen LogP contribution in [0, 0.1) is 13.8 Å². The first kappa shape index (κ1) is 21.2. The van der Waals surface area contributed by atoms with E-state index in [-0.39, 0.29) is 12.3 Å². The average molecular weight is 402 g/mol. The Labute approximate surface area is 176 Å². The number of rotatable bonds is 8. The van der Waals surface area contributed by atoms with Gasteiger partial charge in [-0.1, -0.05) is 53.7 Å². The molecule has 1 unspecified atom stereocenters. The normalized spacial score (nSPS) is 12.5. The zero-order valence-electron chi connectivity index (χ0n) is 17.2. The van der Waals surface area contributed by atoms with Crippen LogP contribution in [-0.2, 0) is 11.2 Å². The average Bonchev–Trinajstić information content (AvgIpc) is 2.74. The van der Waals surface area contributed by atoms with E-state index in [1.165, 1.54) is 11.1 Å². The summed E-state index contributed by atoms with van der Waals surface area (Å²) in [6.45, 7) is 3.99. The summed E-state index contributed by atoms with van der Waals surface area (Å²) in [5.41, 5.74) is 6.73. The molecule has 2 aromatic carbocycles. The third-order valence-corrected chi connectivity index (χ3v) is 5.32. The molecular weight excluding hydrogens is 376 g/mol. The molecule has 0 saturated heterocycles. The van der Waals surface area contributed by atoms with Gasteiger partial charge in [-0.3, -0.25) is 9.78 Å². The van der Waals surface area contributed by atoms with Crippen molar-refractivity contribution < 1.29 is 15.1 Å². The van der Waals surface area contributed by atoms with Gasteiger partial charge in [0, 0.05) is 36.2 Å². The predicted octanol–water partition coefficient (Wildman–Crippen LogP) is 5.12. The fourth-order valence-corrected chi connectivity index (χ4v) is 3.69. The van der Waals surface area contributed by atoms with Gasteiger partial charge in [0.2, 0.25) is 0 Å². The first-order valence-corrected chi connectivity index (χ1v) is 9.98. The number of benzene rings is 2. The van der Waals surface area contributed by atoms with Gasteiger partial charge in [-0.15, -0.1) is 0 Å². The lowest BCUT2D eigenvalue weighted by Crippen LogP contribution is -2.12. The van der Waals surface area contributed by atoms with E-state index < -0.39 is 5.97 Å². The zero-order valence-corrected chi connectivity index (χ0v) is 17.2. The molecule has 1 atom stereocenters. The Hall–Kier alpha value is -3.47. The summed E-state index contributed by atoms with van der Waals surface area (Å²) in [4.78, 5) is 15.1. The Morgan fingerprint density at radius 3 is 2.43 bits per heavy atom. The van der Waals surface area contributed by atoms with Gasteiger partial charge in [0.15, 0.2) is 0 Å². The molecule has 0 aliphatic carbocycles. The molecule has 3 rings (SSSR count). The summed E-state index contributed by atoms with van der Waals surface area (Å²) in [6, 6.07) is 20.0. The maximum absolute atomic E-state index is 10.8.